The quantitative estimate of drug-likeness (QED) is 0.169. The van der Waals surface area contributed by atoms with E-state index in [0.29, 0.717) is 0 Å². The molecule has 0 saturated heterocycles. The van der Waals surface area contributed by atoms with Gasteiger partial charge in [0.15, 0.2) is 0 Å². The van der Waals surface area contributed by atoms with Crippen molar-refractivity contribution in [2.24, 2.45) is 0 Å². The average molecular weight is 698 g/mol. The minimum Gasteiger partial charge on any atom is -0.309 e. The Morgan fingerprint density at radius 3 is 1.11 bits per heavy atom. The van der Waals surface area contributed by atoms with Crippen molar-refractivity contribution in [2.45, 2.75) is 0 Å². The Morgan fingerprint density at radius 2 is 0.564 bits per heavy atom. The SMILES string of the molecule is c1ccc(-c2ccc3c(c2)c2cc(-c4ccc(-c5ccc6cc(-c7ccc8ccccc8c7)ccc6c5)cc4)ccc2n3-c2ccc3ccccc3c2)cc1. The standard InChI is InChI=1S/C54H35N/c1-2-8-36(9-3-1)48-25-28-53-51(34-48)52-35-49(26-29-54(52)55(53)50-27-24-38-11-5-7-13-42(38)33-50)40-16-14-39(15-17-40)43-20-21-46-32-47(23-22-45(46)31-43)44-19-18-37-10-4-6-12-41(37)30-44/h1-35H. The van der Waals surface area contributed by atoms with E-state index in [4.69, 9.17) is 0 Å². The van der Waals surface area contributed by atoms with Crippen molar-refractivity contribution in [3.63, 3.8) is 0 Å². The molecule has 0 amide bonds. The van der Waals surface area contributed by atoms with E-state index in [1.807, 2.05) is 0 Å². The highest BCUT2D eigenvalue weighted by molar-refractivity contribution is 6.12. The van der Waals surface area contributed by atoms with Crippen LogP contribution in [-0.4, -0.2) is 4.57 Å². The van der Waals surface area contributed by atoms with Crippen LogP contribution in [0.3, 0.4) is 0 Å². The number of nitrogens with zero attached hydrogens (tertiary/aromatic N) is 1. The van der Waals surface area contributed by atoms with Gasteiger partial charge >= 0.3 is 0 Å². The molecule has 0 radical (unpaired) electrons. The molecule has 0 saturated carbocycles. The fourth-order valence-corrected chi connectivity index (χ4v) is 8.44. The molecule has 0 atom stereocenters. The van der Waals surface area contributed by atoms with Crippen molar-refractivity contribution in [1.82, 2.24) is 4.57 Å². The summed E-state index contributed by atoms with van der Waals surface area (Å²) in [6, 6.07) is 77.9. The van der Waals surface area contributed by atoms with Crippen LogP contribution in [0, 0.1) is 0 Å². The van der Waals surface area contributed by atoms with Gasteiger partial charge in [-0.05, 0) is 131 Å². The van der Waals surface area contributed by atoms with Gasteiger partial charge in [-0.15, -0.1) is 0 Å². The average Bonchev–Trinajstić information content (AvgIpc) is 3.59. The van der Waals surface area contributed by atoms with Crippen LogP contribution < -0.4 is 0 Å². The van der Waals surface area contributed by atoms with Gasteiger partial charge in [-0.1, -0.05) is 158 Å². The van der Waals surface area contributed by atoms with Gasteiger partial charge in [0, 0.05) is 16.5 Å². The maximum Gasteiger partial charge on any atom is 0.0541 e. The lowest BCUT2D eigenvalue weighted by molar-refractivity contribution is 1.19. The summed E-state index contributed by atoms with van der Waals surface area (Å²) >= 11 is 0. The second kappa shape index (κ2) is 12.7. The molecule has 11 aromatic rings. The zero-order valence-corrected chi connectivity index (χ0v) is 30.2. The summed E-state index contributed by atoms with van der Waals surface area (Å²) in [6.07, 6.45) is 0. The van der Waals surface area contributed by atoms with Crippen LogP contribution >= 0.6 is 0 Å². The molecule has 1 heterocycles. The van der Waals surface area contributed by atoms with Crippen LogP contribution in [0.1, 0.15) is 0 Å². The van der Waals surface area contributed by atoms with Crippen molar-refractivity contribution in [3.05, 3.63) is 212 Å². The molecule has 0 N–H and O–H groups in total. The number of benzene rings is 10. The molecule has 55 heavy (non-hydrogen) atoms. The highest BCUT2D eigenvalue weighted by Gasteiger charge is 2.15. The molecule has 11 rings (SSSR count). The molecule has 1 aromatic heterocycles. The van der Waals surface area contributed by atoms with Gasteiger partial charge in [0.2, 0.25) is 0 Å². The Labute approximate surface area is 320 Å². The van der Waals surface area contributed by atoms with Gasteiger partial charge in [-0.25, -0.2) is 0 Å². The molecule has 1 nitrogen and oxygen atoms in total. The summed E-state index contributed by atoms with van der Waals surface area (Å²) in [7, 11) is 0. The summed E-state index contributed by atoms with van der Waals surface area (Å²) in [4.78, 5) is 0. The van der Waals surface area contributed by atoms with Gasteiger partial charge in [0.05, 0.1) is 11.0 Å². The molecule has 0 aliphatic carbocycles. The third-order valence-electron chi connectivity index (χ3n) is 11.3. The van der Waals surface area contributed by atoms with Crippen LogP contribution in [0.5, 0.6) is 0 Å². The molecule has 1 heteroatoms. The Kier molecular flexibility index (Phi) is 7.25. The van der Waals surface area contributed by atoms with E-state index in [1.54, 1.807) is 0 Å². The third kappa shape index (κ3) is 5.48. The van der Waals surface area contributed by atoms with E-state index in [2.05, 4.69) is 217 Å². The molecule has 0 unspecified atom stereocenters. The smallest absolute Gasteiger partial charge is 0.0541 e. The Morgan fingerprint density at radius 1 is 0.218 bits per heavy atom. The Hall–Kier alpha value is -7.22. The summed E-state index contributed by atoms with van der Waals surface area (Å²) < 4.78 is 2.42. The van der Waals surface area contributed by atoms with E-state index in [9.17, 15) is 0 Å². The molecule has 0 aliphatic heterocycles. The fraction of sp³-hybridized carbons (Fsp3) is 0. The van der Waals surface area contributed by atoms with Crippen molar-refractivity contribution >= 4 is 54.1 Å². The van der Waals surface area contributed by atoms with Crippen molar-refractivity contribution in [1.29, 1.82) is 0 Å². The monoisotopic (exact) mass is 697 g/mol. The van der Waals surface area contributed by atoms with E-state index in [-0.39, 0.29) is 0 Å². The van der Waals surface area contributed by atoms with Crippen LogP contribution in [0.15, 0.2) is 212 Å². The summed E-state index contributed by atoms with van der Waals surface area (Å²) in [5.74, 6) is 0. The van der Waals surface area contributed by atoms with Crippen LogP contribution in [-0.2, 0) is 0 Å². The predicted molar refractivity (Wildman–Crippen MR) is 235 cm³/mol. The zero-order chi connectivity index (χ0) is 36.3. The lowest BCUT2D eigenvalue weighted by atomic mass is 9.95. The molecule has 0 aliphatic rings. The molecule has 0 fully saturated rings. The summed E-state index contributed by atoms with van der Waals surface area (Å²) in [6.45, 7) is 0. The molecule has 10 aromatic carbocycles. The molecule has 0 spiro atoms. The van der Waals surface area contributed by atoms with Crippen LogP contribution in [0.4, 0.5) is 0 Å². The van der Waals surface area contributed by atoms with E-state index >= 15 is 0 Å². The third-order valence-corrected chi connectivity index (χ3v) is 11.3. The molecular weight excluding hydrogens is 663 g/mol. The van der Waals surface area contributed by atoms with Crippen molar-refractivity contribution < 1.29 is 0 Å². The molecule has 0 bridgehead atoms. The van der Waals surface area contributed by atoms with Crippen LogP contribution in [0.25, 0.3) is 104 Å². The van der Waals surface area contributed by atoms with Gasteiger partial charge in [-0.2, -0.15) is 0 Å². The molecular formula is C54H35N. The number of hydrogen-bond donors (Lipinski definition) is 0. The van der Waals surface area contributed by atoms with Crippen molar-refractivity contribution in [2.75, 3.05) is 0 Å². The number of aromatic nitrogens is 1. The zero-order valence-electron chi connectivity index (χ0n) is 30.2. The Balaban J connectivity index is 0.960. The molecule has 256 valence electrons. The lowest BCUT2D eigenvalue weighted by Gasteiger charge is -2.10. The van der Waals surface area contributed by atoms with Gasteiger partial charge in [0.1, 0.15) is 0 Å². The fourth-order valence-electron chi connectivity index (χ4n) is 8.44. The van der Waals surface area contributed by atoms with Gasteiger partial charge in [-0.3, -0.25) is 0 Å². The first-order chi connectivity index (χ1) is 27.2. The minimum atomic E-state index is 1.17. The van der Waals surface area contributed by atoms with Gasteiger partial charge < -0.3 is 4.57 Å². The van der Waals surface area contributed by atoms with E-state index < -0.39 is 0 Å². The van der Waals surface area contributed by atoms with E-state index in [0.717, 1.165) is 0 Å². The summed E-state index contributed by atoms with van der Waals surface area (Å²) in [5, 5.41) is 10.0. The predicted octanol–water partition coefficient (Wildman–Crippen LogP) is 14.9. The minimum absolute atomic E-state index is 1.17. The first-order valence-electron chi connectivity index (χ1n) is 19.0. The second-order valence-corrected chi connectivity index (χ2v) is 14.6. The number of fused-ring (bicyclic) bond motifs is 6. The number of hydrogen-bond acceptors (Lipinski definition) is 0. The van der Waals surface area contributed by atoms with Crippen molar-refractivity contribution in [3.8, 4) is 50.2 Å². The number of rotatable bonds is 5. The van der Waals surface area contributed by atoms with E-state index in [1.165, 1.54) is 104 Å². The Bertz CT molecular complexity index is 3240. The summed E-state index contributed by atoms with van der Waals surface area (Å²) in [5.41, 5.74) is 13.4. The topological polar surface area (TPSA) is 4.93 Å². The first kappa shape index (κ1) is 31.3. The first-order valence-corrected chi connectivity index (χ1v) is 19.0. The van der Waals surface area contributed by atoms with Gasteiger partial charge in [0.25, 0.3) is 0 Å². The highest BCUT2D eigenvalue weighted by atomic mass is 15.0. The normalized spacial score (nSPS) is 11.6. The second-order valence-electron chi connectivity index (χ2n) is 14.6. The lowest BCUT2D eigenvalue weighted by Crippen LogP contribution is -1.94. The maximum absolute atomic E-state index is 2.42. The maximum atomic E-state index is 2.42. The largest absolute Gasteiger partial charge is 0.309 e. The highest BCUT2D eigenvalue weighted by Crippen LogP contribution is 2.38. The van der Waals surface area contributed by atoms with Crippen LogP contribution in [0.2, 0.25) is 0 Å².